The SMILES string of the molecule is O=C(O)C(=O)C(O)P(=O)(O)O. The number of hydrogen-bond acceptors (Lipinski definition) is 4. The normalized spacial score (nSPS) is 14.1. The van der Waals surface area contributed by atoms with Crippen molar-refractivity contribution in [2.24, 2.45) is 0 Å². The van der Waals surface area contributed by atoms with Gasteiger partial charge in [0.05, 0.1) is 0 Å². The van der Waals surface area contributed by atoms with Crippen LogP contribution in [0.4, 0.5) is 0 Å². The molecule has 0 bridgehead atoms. The monoisotopic (exact) mass is 184 g/mol. The molecule has 0 aromatic heterocycles. The van der Waals surface area contributed by atoms with E-state index in [1.807, 2.05) is 0 Å². The van der Waals surface area contributed by atoms with Crippen LogP contribution in [0.2, 0.25) is 0 Å². The van der Waals surface area contributed by atoms with E-state index in [0.29, 0.717) is 0 Å². The number of aliphatic hydroxyl groups excluding tert-OH is 1. The smallest absolute Gasteiger partial charge is 0.375 e. The highest BCUT2D eigenvalue weighted by Gasteiger charge is 2.37. The van der Waals surface area contributed by atoms with Gasteiger partial charge in [0.15, 0.2) is 0 Å². The molecule has 11 heavy (non-hydrogen) atoms. The molecule has 0 rings (SSSR count). The molecule has 64 valence electrons. The van der Waals surface area contributed by atoms with Crippen molar-refractivity contribution < 1.29 is 34.2 Å². The lowest BCUT2D eigenvalue weighted by atomic mass is 10.4. The van der Waals surface area contributed by atoms with E-state index in [1.54, 1.807) is 0 Å². The van der Waals surface area contributed by atoms with Crippen molar-refractivity contribution >= 4 is 19.3 Å². The van der Waals surface area contributed by atoms with Crippen molar-refractivity contribution in [2.75, 3.05) is 0 Å². The molecule has 1 unspecified atom stereocenters. The summed E-state index contributed by atoms with van der Waals surface area (Å²) in [4.78, 5) is 36.0. The average molecular weight is 184 g/mol. The molecule has 0 aromatic rings. The summed E-state index contributed by atoms with van der Waals surface area (Å²) < 4.78 is 10.0. The highest BCUT2D eigenvalue weighted by Crippen LogP contribution is 2.39. The molecule has 0 aliphatic rings. The van der Waals surface area contributed by atoms with Gasteiger partial charge in [-0.15, -0.1) is 0 Å². The second kappa shape index (κ2) is 3.10. The minimum absolute atomic E-state index is 1.92. The number of carboxylic acids is 1. The maximum atomic E-state index is 10.1. The summed E-state index contributed by atoms with van der Waals surface area (Å²) in [7, 11) is -5.04. The van der Waals surface area contributed by atoms with E-state index in [0.717, 1.165) is 0 Å². The van der Waals surface area contributed by atoms with Crippen LogP contribution in [-0.2, 0) is 14.2 Å². The molecule has 8 heteroatoms. The first-order chi connectivity index (χ1) is 4.76. The van der Waals surface area contributed by atoms with E-state index in [1.165, 1.54) is 0 Å². The molecule has 0 amide bonds. The molecule has 1 atom stereocenters. The number of Topliss-reactive ketones (excluding diaryl/α,β-unsaturated/α-hetero) is 1. The first-order valence-corrected chi connectivity index (χ1v) is 3.95. The summed E-state index contributed by atoms with van der Waals surface area (Å²) >= 11 is 0. The van der Waals surface area contributed by atoms with Gasteiger partial charge in [-0.2, -0.15) is 0 Å². The predicted octanol–water partition coefficient (Wildman–Crippen LogP) is -1.86. The van der Waals surface area contributed by atoms with E-state index < -0.39 is 25.2 Å². The van der Waals surface area contributed by atoms with Crippen molar-refractivity contribution in [1.29, 1.82) is 0 Å². The number of carbonyl (C=O) groups excluding carboxylic acids is 1. The number of hydrogen-bond donors (Lipinski definition) is 4. The Morgan fingerprint density at radius 1 is 1.27 bits per heavy atom. The van der Waals surface area contributed by atoms with Crippen LogP contribution in [0.3, 0.4) is 0 Å². The van der Waals surface area contributed by atoms with Crippen molar-refractivity contribution in [2.45, 2.75) is 5.85 Å². The van der Waals surface area contributed by atoms with Crippen LogP contribution in [0.15, 0.2) is 0 Å². The molecule has 0 fully saturated rings. The molecule has 0 saturated carbocycles. The molecule has 4 N–H and O–H groups in total. The van der Waals surface area contributed by atoms with Crippen LogP contribution in [0.25, 0.3) is 0 Å². The Bertz CT molecular complexity index is 226. The summed E-state index contributed by atoms with van der Waals surface area (Å²) in [6, 6.07) is 0. The average Bonchev–Trinajstić information content (AvgIpc) is 1.82. The quantitative estimate of drug-likeness (QED) is 0.298. The Morgan fingerprint density at radius 2 is 1.64 bits per heavy atom. The fraction of sp³-hybridized carbons (Fsp3) is 0.333. The minimum Gasteiger partial charge on any atom is -0.475 e. The van der Waals surface area contributed by atoms with Crippen molar-refractivity contribution in [3.8, 4) is 0 Å². The van der Waals surface area contributed by atoms with E-state index in [9.17, 15) is 14.2 Å². The number of aliphatic hydroxyl groups is 1. The van der Waals surface area contributed by atoms with Gasteiger partial charge in [-0.05, 0) is 0 Å². The van der Waals surface area contributed by atoms with Gasteiger partial charge >= 0.3 is 13.6 Å². The summed E-state index contributed by atoms with van der Waals surface area (Å²) in [5.41, 5.74) is 0. The van der Waals surface area contributed by atoms with E-state index in [-0.39, 0.29) is 0 Å². The zero-order valence-electron chi connectivity index (χ0n) is 5.04. The molecule has 0 radical (unpaired) electrons. The van der Waals surface area contributed by atoms with Gasteiger partial charge in [-0.1, -0.05) is 0 Å². The van der Waals surface area contributed by atoms with Crippen molar-refractivity contribution in [1.82, 2.24) is 0 Å². The molecular weight excluding hydrogens is 179 g/mol. The van der Waals surface area contributed by atoms with Gasteiger partial charge in [0, 0.05) is 0 Å². The minimum atomic E-state index is -5.04. The number of carbonyl (C=O) groups is 2. The fourth-order valence-electron chi connectivity index (χ4n) is 0.263. The molecule has 0 spiro atoms. The van der Waals surface area contributed by atoms with Crippen LogP contribution >= 0.6 is 7.60 Å². The van der Waals surface area contributed by atoms with Gasteiger partial charge < -0.3 is 20.0 Å². The first kappa shape index (κ1) is 10.2. The van der Waals surface area contributed by atoms with E-state index in [2.05, 4.69) is 0 Å². The number of rotatable bonds is 3. The Morgan fingerprint density at radius 3 is 1.73 bits per heavy atom. The second-order valence-corrected chi connectivity index (χ2v) is 3.30. The summed E-state index contributed by atoms with van der Waals surface area (Å²) in [5, 5.41) is 16.2. The van der Waals surface area contributed by atoms with Crippen LogP contribution in [0.1, 0.15) is 0 Å². The Balaban J connectivity index is 4.52. The standard InChI is InChI=1S/C3H5O7P/c4-1(2(5)6)3(7)11(8,9)10/h3,7H,(H,5,6)(H2,8,9,10). The van der Waals surface area contributed by atoms with E-state index >= 15 is 0 Å². The summed E-state index contributed by atoms with van der Waals surface area (Å²) in [6.45, 7) is 0. The molecule has 0 saturated heterocycles. The molecule has 0 heterocycles. The van der Waals surface area contributed by atoms with Crippen LogP contribution in [-0.4, -0.2) is 37.6 Å². The first-order valence-electron chi connectivity index (χ1n) is 2.27. The summed E-state index contributed by atoms with van der Waals surface area (Å²) in [5.74, 6) is -6.76. The topological polar surface area (TPSA) is 132 Å². The predicted molar refractivity (Wildman–Crippen MR) is 30.7 cm³/mol. The maximum absolute atomic E-state index is 10.1. The van der Waals surface area contributed by atoms with Gasteiger partial charge in [0.25, 0.3) is 5.78 Å². The highest BCUT2D eigenvalue weighted by molar-refractivity contribution is 7.53. The third-order valence-electron chi connectivity index (χ3n) is 0.764. The Kier molecular flexibility index (Phi) is 2.89. The number of carboxylic acid groups (broad SMARTS) is 1. The zero-order chi connectivity index (χ0) is 9.23. The molecule has 0 aromatic carbocycles. The molecular formula is C3H5O7P. The van der Waals surface area contributed by atoms with Crippen LogP contribution in [0, 0.1) is 0 Å². The third kappa shape index (κ3) is 2.77. The van der Waals surface area contributed by atoms with Gasteiger partial charge in [-0.25, -0.2) is 4.79 Å². The largest absolute Gasteiger partial charge is 0.475 e. The second-order valence-electron chi connectivity index (χ2n) is 1.63. The van der Waals surface area contributed by atoms with Gasteiger partial charge in [-0.3, -0.25) is 9.36 Å². The van der Waals surface area contributed by atoms with Gasteiger partial charge in [0.2, 0.25) is 5.85 Å². The van der Waals surface area contributed by atoms with E-state index in [4.69, 9.17) is 20.0 Å². The Labute approximate surface area is 60.4 Å². The van der Waals surface area contributed by atoms with Crippen LogP contribution < -0.4 is 0 Å². The molecule has 7 nitrogen and oxygen atoms in total. The Hall–Kier alpha value is -0.750. The summed E-state index contributed by atoms with van der Waals surface area (Å²) in [6.07, 6.45) is 0. The highest BCUT2D eigenvalue weighted by atomic mass is 31.2. The molecule has 0 aliphatic carbocycles. The lowest BCUT2D eigenvalue weighted by Gasteiger charge is -2.07. The molecule has 0 aliphatic heterocycles. The number of aliphatic carboxylic acids is 1. The lowest BCUT2D eigenvalue weighted by Crippen LogP contribution is -2.27. The van der Waals surface area contributed by atoms with Crippen molar-refractivity contribution in [3.63, 3.8) is 0 Å². The maximum Gasteiger partial charge on any atom is 0.375 e. The number of ketones is 1. The third-order valence-corrected chi connectivity index (χ3v) is 1.64. The zero-order valence-corrected chi connectivity index (χ0v) is 5.93. The van der Waals surface area contributed by atoms with Crippen LogP contribution in [0.5, 0.6) is 0 Å². The van der Waals surface area contributed by atoms with Gasteiger partial charge in [0.1, 0.15) is 0 Å². The lowest BCUT2D eigenvalue weighted by molar-refractivity contribution is -0.151. The fourth-order valence-corrected chi connectivity index (χ4v) is 0.679. The van der Waals surface area contributed by atoms with Crippen molar-refractivity contribution in [3.05, 3.63) is 0 Å².